The molecule has 0 aliphatic rings. The molecular weight excluding hydrogens is 426 g/mol. The van der Waals surface area contributed by atoms with Crippen molar-refractivity contribution in [1.82, 2.24) is 15.4 Å². The first kappa shape index (κ1) is 24.1. The number of hydrogen-bond donors (Lipinski definition) is 3. The van der Waals surface area contributed by atoms with Gasteiger partial charge in [0.2, 0.25) is 10.0 Å². The van der Waals surface area contributed by atoms with Crippen molar-refractivity contribution in [3.05, 3.63) is 53.5 Å². The van der Waals surface area contributed by atoms with Gasteiger partial charge in [-0.25, -0.2) is 22.7 Å². The predicted molar refractivity (Wildman–Crippen MR) is 111 cm³/mol. The van der Waals surface area contributed by atoms with E-state index in [1.165, 1.54) is 18.4 Å². The molecule has 2 rings (SSSR count). The molecule has 0 fully saturated rings. The molecule has 0 saturated heterocycles. The van der Waals surface area contributed by atoms with Crippen LogP contribution in [0.25, 0.3) is 0 Å². The highest BCUT2D eigenvalue weighted by atomic mass is 32.2. The average Bonchev–Trinajstić information content (AvgIpc) is 3.25. The third-order valence-electron chi connectivity index (χ3n) is 4.16. The first-order chi connectivity index (χ1) is 14.7. The maximum absolute atomic E-state index is 12.5. The Morgan fingerprint density at radius 3 is 2.61 bits per heavy atom. The summed E-state index contributed by atoms with van der Waals surface area (Å²) in [6.07, 6.45) is 3.08. The number of aryl methyl sites for hydroxylation is 1. The minimum atomic E-state index is -3.92. The summed E-state index contributed by atoms with van der Waals surface area (Å²) in [5, 5.41) is 4.54. The molecule has 1 aromatic carbocycles. The molecule has 2 aromatic rings. The summed E-state index contributed by atoms with van der Waals surface area (Å²) in [4.78, 5) is 35.5. The molecule has 0 aliphatic heterocycles. The van der Waals surface area contributed by atoms with Crippen molar-refractivity contribution in [3.8, 4) is 0 Å². The van der Waals surface area contributed by atoms with Crippen molar-refractivity contribution in [3.63, 3.8) is 0 Å². The number of furan rings is 1. The van der Waals surface area contributed by atoms with Gasteiger partial charge in [-0.05, 0) is 43.2 Å². The number of sulfonamides is 1. The molecule has 0 aliphatic carbocycles. The van der Waals surface area contributed by atoms with Gasteiger partial charge in [-0.3, -0.25) is 10.1 Å². The normalized spacial score (nSPS) is 11.0. The number of benzene rings is 1. The van der Waals surface area contributed by atoms with E-state index in [9.17, 15) is 22.8 Å². The van der Waals surface area contributed by atoms with Crippen molar-refractivity contribution < 1.29 is 32.0 Å². The minimum absolute atomic E-state index is 0.0129. The molecule has 0 unspecified atom stereocenters. The smallest absolute Gasteiger partial charge is 0.338 e. The maximum atomic E-state index is 12.5. The fourth-order valence-corrected chi connectivity index (χ4v) is 3.46. The third-order valence-corrected chi connectivity index (χ3v) is 5.56. The zero-order valence-electron chi connectivity index (χ0n) is 17.3. The van der Waals surface area contributed by atoms with Crippen LogP contribution in [-0.4, -0.2) is 39.5 Å². The Hall–Kier alpha value is -3.18. The number of esters is 1. The van der Waals surface area contributed by atoms with E-state index < -0.39 is 34.5 Å². The van der Waals surface area contributed by atoms with Crippen LogP contribution < -0.4 is 15.4 Å². The Kier molecular flexibility index (Phi) is 8.76. The number of nitrogens with one attached hydrogen (secondary N) is 3. The quantitative estimate of drug-likeness (QED) is 0.369. The molecule has 11 heteroatoms. The number of unbranched alkanes of at least 4 members (excludes halogenated alkanes) is 1. The second-order valence-corrected chi connectivity index (χ2v) is 8.38. The Bertz CT molecular complexity index is 1020. The van der Waals surface area contributed by atoms with E-state index in [0.717, 1.165) is 18.9 Å². The summed E-state index contributed by atoms with van der Waals surface area (Å²) in [5.41, 5.74) is 0.453. The van der Waals surface area contributed by atoms with Gasteiger partial charge < -0.3 is 14.5 Å². The number of amides is 3. The Morgan fingerprint density at radius 2 is 1.94 bits per heavy atom. The van der Waals surface area contributed by atoms with Crippen LogP contribution in [0.1, 0.15) is 41.4 Å². The topological polar surface area (TPSA) is 144 Å². The van der Waals surface area contributed by atoms with Crippen molar-refractivity contribution >= 4 is 27.9 Å². The first-order valence-electron chi connectivity index (χ1n) is 9.60. The molecule has 0 spiro atoms. The van der Waals surface area contributed by atoms with E-state index in [1.807, 2.05) is 12.2 Å². The Labute approximate surface area is 180 Å². The van der Waals surface area contributed by atoms with E-state index in [2.05, 4.69) is 10.0 Å². The van der Waals surface area contributed by atoms with Crippen LogP contribution in [-0.2, 0) is 26.1 Å². The van der Waals surface area contributed by atoms with Crippen molar-refractivity contribution in [2.45, 2.75) is 38.1 Å². The Morgan fingerprint density at radius 1 is 1.16 bits per heavy atom. The number of carbonyl (C=O) groups is 3. The number of urea groups is 1. The van der Waals surface area contributed by atoms with Crippen LogP contribution in [0.4, 0.5) is 4.79 Å². The van der Waals surface area contributed by atoms with Crippen LogP contribution in [0.5, 0.6) is 0 Å². The Balaban J connectivity index is 1.96. The molecule has 0 bridgehead atoms. The van der Waals surface area contributed by atoms with Gasteiger partial charge >= 0.3 is 12.0 Å². The van der Waals surface area contributed by atoms with Crippen LogP contribution in [0.2, 0.25) is 0 Å². The predicted octanol–water partition coefficient (Wildman–Crippen LogP) is 1.85. The van der Waals surface area contributed by atoms with Crippen molar-refractivity contribution in [2.24, 2.45) is 0 Å². The van der Waals surface area contributed by atoms with E-state index in [1.54, 1.807) is 19.1 Å². The molecule has 1 heterocycles. The molecule has 10 nitrogen and oxygen atoms in total. The van der Waals surface area contributed by atoms with Gasteiger partial charge in [0.15, 0.2) is 6.61 Å². The molecule has 0 saturated carbocycles. The van der Waals surface area contributed by atoms with Gasteiger partial charge in [0, 0.05) is 6.54 Å². The number of ether oxygens (including phenoxy) is 1. The van der Waals surface area contributed by atoms with Gasteiger partial charge in [-0.1, -0.05) is 19.4 Å². The number of rotatable bonds is 10. The van der Waals surface area contributed by atoms with Gasteiger partial charge in [0.05, 0.1) is 23.3 Å². The van der Waals surface area contributed by atoms with Gasteiger partial charge in [0.25, 0.3) is 5.91 Å². The summed E-state index contributed by atoms with van der Waals surface area (Å²) in [5.74, 6) is -1.26. The number of carbonyl (C=O) groups excluding carboxylic acids is 3. The lowest BCUT2D eigenvalue weighted by Crippen LogP contribution is -2.41. The lowest BCUT2D eigenvalue weighted by molar-refractivity contribution is -0.123. The fraction of sp³-hybridized carbons (Fsp3) is 0.350. The number of imide groups is 1. The van der Waals surface area contributed by atoms with E-state index in [0.29, 0.717) is 17.9 Å². The van der Waals surface area contributed by atoms with Crippen LogP contribution in [0.15, 0.2) is 45.9 Å². The molecule has 0 atom stereocenters. The van der Waals surface area contributed by atoms with Crippen molar-refractivity contribution in [1.29, 1.82) is 0 Å². The molecule has 3 amide bonds. The minimum Gasteiger partial charge on any atom is -0.468 e. The maximum Gasteiger partial charge on any atom is 0.338 e. The molecule has 3 N–H and O–H groups in total. The molecule has 0 radical (unpaired) electrons. The molecular formula is C20H25N3O7S. The van der Waals surface area contributed by atoms with Crippen LogP contribution >= 0.6 is 0 Å². The zero-order valence-corrected chi connectivity index (χ0v) is 18.1. The lowest BCUT2D eigenvalue weighted by atomic mass is 10.1. The highest BCUT2D eigenvalue weighted by molar-refractivity contribution is 7.89. The van der Waals surface area contributed by atoms with Gasteiger partial charge in [0.1, 0.15) is 5.76 Å². The van der Waals surface area contributed by atoms with Gasteiger partial charge in [-0.15, -0.1) is 0 Å². The SMILES string of the molecule is CCCCNC(=O)NC(=O)COC(=O)c1cc(S(=O)(=O)NCc2ccco2)ccc1C. The molecule has 168 valence electrons. The highest BCUT2D eigenvalue weighted by Gasteiger charge is 2.20. The summed E-state index contributed by atoms with van der Waals surface area (Å²) in [6, 6.07) is 6.55. The molecule has 1 aromatic heterocycles. The molecule has 31 heavy (non-hydrogen) atoms. The summed E-state index contributed by atoms with van der Waals surface area (Å²) >= 11 is 0. The zero-order chi connectivity index (χ0) is 22.9. The summed E-state index contributed by atoms with van der Waals surface area (Å²) in [6.45, 7) is 3.24. The lowest BCUT2D eigenvalue weighted by Gasteiger charge is -2.11. The largest absolute Gasteiger partial charge is 0.468 e. The third kappa shape index (κ3) is 7.54. The fourth-order valence-electron chi connectivity index (χ4n) is 2.45. The second kappa shape index (κ2) is 11.3. The van der Waals surface area contributed by atoms with Crippen LogP contribution in [0, 0.1) is 6.92 Å². The van der Waals surface area contributed by atoms with Crippen molar-refractivity contribution in [2.75, 3.05) is 13.2 Å². The second-order valence-electron chi connectivity index (χ2n) is 6.61. The standard InChI is InChI=1S/C20H25N3O7S/c1-3-4-9-21-20(26)23-18(24)13-30-19(25)17-11-16(8-7-14(17)2)31(27,28)22-12-15-6-5-10-29-15/h5-8,10-11,22H,3-4,9,12-13H2,1-2H3,(H2,21,23,24,26). The summed E-state index contributed by atoms with van der Waals surface area (Å²) < 4.78 is 37.4. The van der Waals surface area contributed by atoms with E-state index >= 15 is 0 Å². The van der Waals surface area contributed by atoms with E-state index in [4.69, 9.17) is 9.15 Å². The monoisotopic (exact) mass is 451 g/mol. The highest BCUT2D eigenvalue weighted by Crippen LogP contribution is 2.17. The first-order valence-corrected chi connectivity index (χ1v) is 11.1. The average molecular weight is 452 g/mol. The van der Waals surface area contributed by atoms with E-state index in [-0.39, 0.29) is 17.0 Å². The van der Waals surface area contributed by atoms with Crippen LogP contribution in [0.3, 0.4) is 0 Å². The summed E-state index contributed by atoms with van der Waals surface area (Å²) in [7, 11) is -3.92. The van der Waals surface area contributed by atoms with Gasteiger partial charge in [-0.2, -0.15) is 0 Å². The number of hydrogen-bond acceptors (Lipinski definition) is 7.